The lowest BCUT2D eigenvalue weighted by atomic mass is 10.0. The van der Waals surface area contributed by atoms with Crippen LogP contribution in [0.25, 0.3) is 0 Å². The molecule has 2 unspecified atom stereocenters. The van der Waals surface area contributed by atoms with Crippen LogP contribution in [0.5, 0.6) is 0 Å². The Morgan fingerprint density at radius 1 is 0.673 bits per heavy atom. The molecule has 4 atom stereocenters. The lowest BCUT2D eigenvalue weighted by molar-refractivity contribution is -0.161. The highest BCUT2D eigenvalue weighted by atomic mass is 31.2. The number of ether oxygens (including phenoxy) is 2. The first-order chi connectivity index (χ1) is 25.0. The molecule has 12 heteroatoms. The lowest BCUT2D eigenvalue weighted by Crippen LogP contribution is -2.30. The Hall–Kier alpha value is -2.37. The van der Waals surface area contributed by atoms with Gasteiger partial charge in [-0.2, -0.15) is 0 Å². The Morgan fingerprint density at radius 2 is 1.23 bits per heavy atom. The molecule has 0 aliphatic rings. The molecule has 0 fully saturated rings. The SMILES string of the molecule is CC/C=C\C/C=C\C/C=C\C/C=C\C=C\C(O)CCCC(=O)O[C@H](COC(=O)CCCCCCCCCCC(C)C)COP(=O)(O)OC[C@@H](O)CO. The molecule has 0 heterocycles. The van der Waals surface area contributed by atoms with Gasteiger partial charge < -0.3 is 29.7 Å². The molecule has 11 nitrogen and oxygen atoms in total. The van der Waals surface area contributed by atoms with Crippen molar-refractivity contribution < 1.29 is 52.9 Å². The summed E-state index contributed by atoms with van der Waals surface area (Å²) in [5.41, 5.74) is 0. The fraction of sp³-hybridized carbons (Fsp3) is 0.700. The topological polar surface area (TPSA) is 169 Å². The highest BCUT2D eigenvalue weighted by molar-refractivity contribution is 7.47. The zero-order chi connectivity index (χ0) is 38.7. The standard InChI is InChI=1S/C40H69O11P/c1-4-5-6-7-8-9-10-11-12-13-17-20-23-27-36(42)28-25-30-40(45)51-38(34-50-52(46,47)49-32-37(43)31-41)33-48-39(44)29-24-21-18-15-14-16-19-22-26-35(2)3/h5-6,8-9,11-12,17,20,23,27,35-38,41-43H,4,7,10,13-16,18-19,21-22,24-26,28-34H2,1-3H3,(H,46,47)/b6-5-,9-8-,12-11-,20-17-,27-23+/t36?,37-,38+/m0/s1. The van der Waals surface area contributed by atoms with Gasteiger partial charge in [0.1, 0.15) is 12.7 Å². The van der Waals surface area contributed by atoms with Crippen molar-refractivity contribution in [2.75, 3.05) is 26.4 Å². The molecule has 0 aromatic rings. The number of aliphatic hydroxyl groups is 3. The number of aliphatic hydroxyl groups excluding tert-OH is 3. The summed E-state index contributed by atoms with van der Waals surface area (Å²) in [4.78, 5) is 34.8. The molecular weight excluding hydrogens is 687 g/mol. The van der Waals surface area contributed by atoms with Crippen molar-refractivity contribution in [3.63, 3.8) is 0 Å². The van der Waals surface area contributed by atoms with Crippen LogP contribution in [0.15, 0.2) is 60.8 Å². The van der Waals surface area contributed by atoms with Crippen LogP contribution in [0.4, 0.5) is 0 Å². The van der Waals surface area contributed by atoms with Gasteiger partial charge in [-0.15, -0.1) is 0 Å². The first-order valence-corrected chi connectivity index (χ1v) is 20.7. The van der Waals surface area contributed by atoms with Crippen molar-refractivity contribution in [3.8, 4) is 0 Å². The zero-order valence-corrected chi connectivity index (χ0v) is 32.9. The summed E-state index contributed by atoms with van der Waals surface area (Å²) < 4.78 is 32.4. The maximum absolute atomic E-state index is 12.6. The van der Waals surface area contributed by atoms with Crippen molar-refractivity contribution in [1.82, 2.24) is 0 Å². The number of rotatable bonds is 34. The molecule has 0 radical (unpaired) electrons. The summed E-state index contributed by atoms with van der Waals surface area (Å²) in [6, 6.07) is 0. The average Bonchev–Trinajstić information content (AvgIpc) is 3.11. The molecule has 0 aromatic heterocycles. The maximum Gasteiger partial charge on any atom is 0.472 e. The molecule has 0 aliphatic heterocycles. The number of phosphoric acid groups is 1. The monoisotopic (exact) mass is 756 g/mol. The predicted octanol–water partition coefficient (Wildman–Crippen LogP) is 8.38. The number of unbranched alkanes of at least 4 members (excludes halogenated alkanes) is 7. The van der Waals surface area contributed by atoms with E-state index in [1.54, 1.807) is 12.2 Å². The van der Waals surface area contributed by atoms with E-state index in [4.69, 9.17) is 19.1 Å². The van der Waals surface area contributed by atoms with Gasteiger partial charge in [-0.1, -0.05) is 133 Å². The highest BCUT2D eigenvalue weighted by Gasteiger charge is 2.27. The van der Waals surface area contributed by atoms with Crippen LogP contribution in [-0.2, 0) is 32.7 Å². The molecule has 0 bridgehead atoms. The lowest BCUT2D eigenvalue weighted by Gasteiger charge is -2.20. The number of hydrogen-bond donors (Lipinski definition) is 4. The van der Waals surface area contributed by atoms with Gasteiger partial charge in [-0.05, 0) is 50.9 Å². The molecular formula is C40H69O11P. The summed E-state index contributed by atoms with van der Waals surface area (Å²) in [5.74, 6) is -0.390. The summed E-state index contributed by atoms with van der Waals surface area (Å²) in [6.45, 7) is 4.27. The normalized spacial score (nSPS) is 15.4. The van der Waals surface area contributed by atoms with E-state index in [9.17, 15) is 29.3 Å². The molecule has 4 N–H and O–H groups in total. The molecule has 52 heavy (non-hydrogen) atoms. The number of allylic oxidation sites excluding steroid dienone is 9. The zero-order valence-electron chi connectivity index (χ0n) is 32.0. The fourth-order valence-corrected chi connectivity index (χ4v) is 5.52. The largest absolute Gasteiger partial charge is 0.472 e. The van der Waals surface area contributed by atoms with E-state index in [0.717, 1.165) is 50.9 Å². The third kappa shape index (κ3) is 34.7. The van der Waals surface area contributed by atoms with Crippen molar-refractivity contribution >= 4 is 19.8 Å². The molecule has 0 saturated carbocycles. The summed E-state index contributed by atoms with van der Waals surface area (Å²) in [5, 5.41) is 28.5. The second-order valence-corrected chi connectivity index (χ2v) is 14.7. The first kappa shape index (κ1) is 49.6. The Labute approximate surface area is 313 Å². The maximum atomic E-state index is 12.6. The third-order valence-corrected chi connectivity index (χ3v) is 8.67. The molecule has 0 amide bonds. The summed E-state index contributed by atoms with van der Waals surface area (Å²) in [7, 11) is -4.67. The Kier molecular flexibility index (Phi) is 32.8. The van der Waals surface area contributed by atoms with Gasteiger partial charge in [0.25, 0.3) is 0 Å². The number of carbonyl (C=O) groups excluding carboxylic acids is 2. The second kappa shape index (κ2) is 34.4. The van der Waals surface area contributed by atoms with Crippen LogP contribution >= 0.6 is 7.82 Å². The summed E-state index contributed by atoms with van der Waals surface area (Å²) >= 11 is 0. The van der Waals surface area contributed by atoms with E-state index in [-0.39, 0.29) is 19.4 Å². The van der Waals surface area contributed by atoms with Gasteiger partial charge in [0.05, 0.1) is 25.9 Å². The Morgan fingerprint density at radius 3 is 1.85 bits per heavy atom. The predicted molar refractivity (Wildman–Crippen MR) is 206 cm³/mol. The molecule has 0 saturated heterocycles. The fourth-order valence-electron chi connectivity index (χ4n) is 4.73. The number of esters is 2. The van der Waals surface area contributed by atoms with E-state index in [0.29, 0.717) is 19.3 Å². The summed E-state index contributed by atoms with van der Waals surface area (Å²) in [6.07, 6.45) is 31.0. The molecule has 300 valence electrons. The van der Waals surface area contributed by atoms with Crippen LogP contribution in [0.1, 0.15) is 130 Å². The highest BCUT2D eigenvalue weighted by Crippen LogP contribution is 2.43. The minimum atomic E-state index is -4.67. The number of carbonyl (C=O) groups is 2. The van der Waals surface area contributed by atoms with Gasteiger partial charge in [-0.3, -0.25) is 18.6 Å². The molecule has 0 aromatic carbocycles. The van der Waals surface area contributed by atoms with E-state index in [1.807, 2.05) is 12.2 Å². The van der Waals surface area contributed by atoms with Crippen molar-refractivity contribution in [2.45, 2.75) is 148 Å². The van der Waals surface area contributed by atoms with Crippen LogP contribution in [0.2, 0.25) is 0 Å². The molecule has 0 spiro atoms. The molecule has 0 rings (SSSR count). The third-order valence-electron chi connectivity index (χ3n) is 7.72. The minimum absolute atomic E-state index is 0.0486. The van der Waals surface area contributed by atoms with Crippen molar-refractivity contribution in [2.24, 2.45) is 5.92 Å². The van der Waals surface area contributed by atoms with Crippen LogP contribution < -0.4 is 0 Å². The number of hydrogen-bond acceptors (Lipinski definition) is 10. The van der Waals surface area contributed by atoms with Gasteiger partial charge >= 0.3 is 19.8 Å². The van der Waals surface area contributed by atoms with E-state index >= 15 is 0 Å². The Bertz CT molecular complexity index is 1080. The minimum Gasteiger partial charge on any atom is -0.462 e. The quantitative estimate of drug-likeness (QED) is 0.0164. The van der Waals surface area contributed by atoms with Gasteiger partial charge in [0, 0.05) is 12.8 Å². The second-order valence-electron chi connectivity index (χ2n) is 13.3. The van der Waals surface area contributed by atoms with Crippen molar-refractivity contribution in [3.05, 3.63) is 60.8 Å². The van der Waals surface area contributed by atoms with Crippen LogP contribution in [-0.4, -0.2) is 76.9 Å². The van der Waals surface area contributed by atoms with Crippen LogP contribution in [0.3, 0.4) is 0 Å². The van der Waals surface area contributed by atoms with Crippen LogP contribution in [0, 0.1) is 5.92 Å². The van der Waals surface area contributed by atoms with Gasteiger partial charge in [0.15, 0.2) is 6.10 Å². The van der Waals surface area contributed by atoms with Gasteiger partial charge in [0.2, 0.25) is 0 Å². The van der Waals surface area contributed by atoms with E-state index < -0.39 is 57.9 Å². The number of phosphoric ester groups is 1. The first-order valence-electron chi connectivity index (χ1n) is 19.2. The average molecular weight is 757 g/mol. The van der Waals surface area contributed by atoms with E-state index in [2.05, 4.69) is 61.8 Å². The van der Waals surface area contributed by atoms with Crippen molar-refractivity contribution in [1.29, 1.82) is 0 Å². The van der Waals surface area contributed by atoms with E-state index in [1.165, 1.54) is 32.1 Å². The molecule has 0 aliphatic carbocycles. The van der Waals surface area contributed by atoms with Gasteiger partial charge in [-0.25, -0.2) is 4.57 Å². The Balaban J connectivity index is 4.61. The smallest absolute Gasteiger partial charge is 0.462 e.